The van der Waals surface area contributed by atoms with Crippen molar-refractivity contribution >= 4 is 27.7 Å². The molecule has 2 N–H and O–H groups in total. The lowest BCUT2D eigenvalue weighted by Crippen LogP contribution is -2.41. The summed E-state index contributed by atoms with van der Waals surface area (Å²) in [4.78, 5) is 22.4. The van der Waals surface area contributed by atoms with Gasteiger partial charge in [-0.25, -0.2) is 9.97 Å². The second kappa shape index (κ2) is 6.52. The summed E-state index contributed by atoms with van der Waals surface area (Å²) in [5.41, 5.74) is 5.40. The van der Waals surface area contributed by atoms with Crippen molar-refractivity contribution in [1.82, 2.24) is 9.97 Å². The number of hydrogen-bond acceptors (Lipinski definition) is 4. The van der Waals surface area contributed by atoms with Crippen molar-refractivity contribution in [1.29, 1.82) is 0 Å². The number of amides is 1. The second-order valence-electron chi connectivity index (χ2n) is 5.59. The first-order valence-corrected chi connectivity index (χ1v) is 7.86. The van der Waals surface area contributed by atoms with Gasteiger partial charge in [0.1, 0.15) is 16.2 Å². The monoisotopic (exact) mass is 340 g/mol. The van der Waals surface area contributed by atoms with Gasteiger partial charge in [-0.15, -0.1) is 0 Å². The summed E-state index contributed by atoms with van der Waals surface area (Å²) in [6, 6.07) is 2.22. The minimum absolute atomic E-state index is 0.214. The Bertz CT molecular complexity index is 486. The molecule has 0 unspecified atom stereocenters. The molecule has 5 nitrogen and oxygen atoms in total. The van der Waals surface area contributed by atoms with Gasteiger partial charge in [0.2, 0.25) is 5.91 Å². The van der Waals surface area contributed by atoms with Crippen LogP contribution in [0, 0.1) is 0 Å². The van der Waals surface area contributed by atoms with E-state index in [-0.39, 0.29) is 18.4 Å². The smallest absolute Gasteiger partial charge is 0.237 e. The molecule has 1 aliphatic carbocycles. The van der Waals surface area contributed by atoms with Crippen LogP contribution in [-0.4, -0.2) is 28.5 Å². The second-order valence-corrected chi connectivity index (χ2v) is 6.41. The van der Waals surface area contributed by atoms with E-state index < -0.39 is 0 Å². The first-order valence-electron chi connectivity index (χ1n) is 7.07. The molecule has 1 aromatic rings. The SMILES string of the molecule is CC(C)c1nc(Br)cc(N(CC(N)=O)C2CCCC2)n1. The molecule has 110 valence electrons. The van der Waals surface area contributed by atoms with Crippen LogP contribution in [0.2, 0.25) is 0 Å². The van der Waals surface area contributed by atoms with Crippen LogP contribution in [0.5, 0.6) is 0 Å². The molecule has 1 saturated carbocycles. The van der Waals surface area contributed by atoms with Crippen LogP contribution in [-0.2, 0) is 4.79 Å². The lowest BCUT2D eigenvalue weighted by Gasteiger charge is -2.29. The highest BCUT2D eigenvalue weighted by Crippen LogP contribution is 2.29. The van der Waals surface area contributed by atoms with Crippen molar-refractivity contribution in [2.24, 2.45) is 5.73 Å². The van der Waals surface area contributed by atoms with Gasteiger partial charge in [0, 0.05) is 18.0 Å². The largest absolute Gasteiger partial charge is 0.368 e. The van der Waals surface area contributed by atoms with Gasteiger partial charge in [0.25, 0.3) is 0 Å². The Kier molecular flexibility index (Phi) is 4.96. The minimum atomic E-state index is -0.322. The van der Waals surface area contributed by atoms with Crippen molar-refractivity contribution in [2.75, 3.05) is 11.4 Å². The number of nitrogens with zero attached hydrogens (tertiary/aromatic N) is 3. The van der Waals surface area contributed by atoms with Crippen molar-refractivity contribution in [2.45, 2.75) is 51.5 Å². The molecule has 0 bridgehead atoms. The minimum Gasteiger partial charge on any atom is -0.368 e. The maximum atomic E-state index is 11.4. The zero-order valence-corrected chi connectivity index (χ0v) is 13.6. The van der Waals surface area contributed by atoms with Crippen molar-refractivity contribution < 1.29 is 4.79 Å². The van der Waals surface area contributed by atoms with E-state index in [2.05, 4.69) is 39.7 Å². The predicted octanol–water partition coefficient (Wildman–Crippen LogP) is 2.60. The first-order chi connectivity index (χ1) is 9.47. The Labute approximate surface area is 128 Å². The molecule has 1 amide bonds. The number of nitrogens with two attached hydrogens (primary N) is 1. The van der Waals surface area contributed by atoms with E-state index in [1.165, 1.54) is 12.8 Å². The molecule has 20 heavy (non-hydrogen) atoms. The van der Waals surface area contributed by atoms with E-state index in [0.717, 1.165) is 29.1 Å². The number of hydrogen-bond donors (Lipinski definition) is 1. The Balaban J connectivity index is 2.34. The van der Waals surface area contributed by atoms with E-state index in [0.29, 0.717) is 6.04 Å². The highest BCUT2D eigenvalue weighted by Gasteiger charge is 2.25. The van der Waals surface area contributed by atoms with Gasteiger partial charge >= 0.3 is 0 Å². The fourth-order valence-corrected chi connectivity index (χ4v) is 3.00. The van der Waals surface area contributed by atoms with E-state index in [1.54, 1.807) is 0 Å². The number of carbonyl (C=O) groups is 1. The van der Waals surface area contributed by atoms with Gasteiger partial charge in [-0.3, -0.25) is 4.79 Å². The van der Waals surface area contributed by atoms with Gasteiger partial charge in [0.05, 0.1) is 6.54 Å². The molecule has 1 aliphatic rings. The molecular weight excluding hydrogens is 320 g/mol. The third kappa shape index (κ3) is 3.69. The molecule has 0 radical (unpaired) electrons. The van der Waals surface area contributed by atoms with Crippen LogP contribution < -0.4 is 10.6 Å². The van der Waals surface area contributed by atoms with Crippen LogP contribution in [0.3, 0.4) is 0 Å². The summed E-state index contributed by atoms with van der Waals surface area (Å²) in [7, 11) is 0. The summed E-state index contributed by atoms with van der Waals surface area (Å²) in [6.45, 7) is 4.32. The Morgan fingerprint density at radius 1 is 1.45 bits per heavy atom. The fraction of sp³-hybridized carbons (Fsp3) is 0.643. The third-order valence-corrected chi connectivity index (χ3v) is 4.01. The molecule has 0 spiro atoms. The van der Waals surface area contributed by atoms with Gasteiger partial charge < -0.3 is 10.6 Å². The molecule has 0 atom stereocenters. The molecule has 0 aromatic carbocycles. The molecule has 1 fully saturated rings. The summed E-state index contributed by atoms with van der Waals surface area (Å²) in [6.07, 6.45) is 4.57. The predicted molar refractivity (Wildman–Crippen MR) is 82.6 cm³/mol. The molecule has 1 aromatic heterocycles. The Morgan fingerprint density at radius 3 is 2.65 bits per heavy atom. The average molecular weight is 341 g/mol. The van der Waals surface area contributed by atoms with Crippen LogP contribution in [0.4, 0.5) is 5.82 Å². The molecule has 2 rings (SSSR count). The van der Waals surface area contributed by atoms with Crippen LogP contribution in [0.1, 0.15) is 51.3 Å². The number of rotatable bonds is 5. The summed E-state index contributed by atoms with van der Waals surface area (Å²) in [5.74, 6) is 1.49. The van der Waals surface area contributed by atoms with Crippen molar-refractivity contribution in [3.05, 3.63) is 16.5 Å². The number of primary amides is 1. The maximum absolute atomic E-state index is 11.4. The molecular formula is C14H21BrN4O. The normalized spacial score (nSPS) is 15.8. The van der Waals surface area contributed by atoms with Crippen LogP contribution in [0.15, 0.2) is 10.7 Å². The zero-order valence-electron chi connectivity index (χ0n) is 12.0. The van der Waals surface area contributed by atoms with E-state index in [4.69, 9.17) is 5.73 Å². The molecule has 6 heteroatoms. The topological polar surface area (TPSA) is 72.1 Å². The summed E-state index contributed by atoms with van der Waals surface area (Å²) >= 11 is 3.43. The molecule has 0 saturated heterocycles. The van der Waals surface area contributed by atoms with E-state index in [9.17, 15) is 4.79 Å². The number of carbonyl (C=O) groups excluding carboxylic acids is 1. The summed E-state index contributed by atoms with van der Waals surface area (Å²) < 4.78 is 0.749. The lowest BCUT2D eigenvalue weighted by molar-refractivity contribution is -0.116. The first kappa shape index (κ1) is 15.2. The van der Waals surface area contributed by atoms with Gasteiger partial charge in [0.15, 0.2) is 0 Å². The van der Waals surface area contributed by atoms with Crippen LogP contribution >= 0.6 is 15.9 Å². The quantitative estimate of drug-likeness (QED) is 0.836. The van der Waals surface area contributed by atoms with E-state index >= 15 is 0 Å². The lowest BCUT2D eigenvalue weighted by atomic mass is 10.2. The van der Waals surface area contributed by atoms with Crippen LogP contribution in [0.25, 0.3) is 0 Å². The average Bonchev–Trinajstić information content (AvgIpc) is 2.88. The Morgan fingerprint density at radius 2 is 2.10 bits per heavy atom. The number of aromatic nitrogens is 2. The highest BCUT2D eigenvalue weighted by atomic mass is 79.9. The highest BCUT2D eigenvalue weighted by molar-refractivity contribution is 9.10. The number of halogens is 1. The molecule has 1 heterocycles. The zero-order chi connectivity index (χ0) is 14.7. The Hall–Kier alpha value is -1.17. The fourth-order valence-electron chi connectivity index (χ4n) is 2.61. The van der Waals surface area contributed by atoms with Gasteiger partial charge in [-0.05, 0) is 28.8 Å². The van der Waals surface area contributed by atoms with Crippen molar-refractivity contribution in [3.63, 3.8) is 0 Å². The van der Waals surface area contributed by atoms with Crippen molar-refractivity contribution in [3.8, 4) is 0 Å². The standard InChI is InChI=1S/C14H21BrN4O/c1-9(2)14-17-11(15)7-13(18-14)19(8-12(16)20)10-5-3-4-6-10/h7,9-10H,3-6,8H2,1-2H3,(H2,16,20). The van der Waals surface area contributed by atoms with E-state index in [1.807, 2.05) is 11.0 Å². The maximum Gasteiger partial charge on any atom is 0.237 e. The summed E-state index contributed by atoms with van der Waals surface area (Å²) in [5, 5.41) is 0. The van der Waals surface area contributed by atoms with Gasteiger partial charge in [-0.1, -0.05) is 26.7 Å². The third-order valence-electron chi connectivity index (χ3n) is 3.60. The molecule has 0 aliphatic heterocycles. The van der Waals surface area contributed by atoms with Gasteiger partial charge in [-0.2, -0.15) is 0 Å². The number of anilines is 1.